The summed E-state index contributed by atoms with van der Waals surface area (Å²) in [7, 11) is 1.50. The lowest BCUT2D eigenvalue weighted by Gasteiger charge is -2.21. The first-order chi connectivity index (χ1) is 13.0. The third kappa shape index (κ3) is 2.94. The van der Waals surface area contributed by atoms with Crippen molar-refractivity contribution in [2.75, 3.05) is 12.0 Å². The van der Waals surface area contributed by atoms with Crippen LogP contribution in [0.15, 0.2) is 52.8 Å². The molecule has 0 bridgehead atoms. The van der Waals surface area contributed by atoms with Crippen LogP contribution in [0.5, 0.6) is 5.75 Å². The number of aryl methyl sites for hydroxylation is 1. The van der Waals surface area contributed by atoms with Gasteiger partial charge in [0.15, 0.2) is 12.1 Å². The number of benzene rings is 2. The fraction of sp³-hybridized carbons (Fsp3) is 0.263. The predicted octanol–water partition coefficient (Wildman–Crippen LogP) is 3.15. The number of anilines is 1. The second-order valence-electron chi connectivity index (χ2n) is 6.51. The molecule has 0 spiro atoms. The number of hydrogen-bond acceptors (Lipinski definition) is 6. The number of nitrogens with zero attached hydrogens (tertiary/aromatic N) is 4. The number of methoxy groups -OCH3 is 1. The molecule has 138 valence electrons. The van der Waals surface area contributed by atoms with E-state index in [0.29, 0.717) is 23.0 Å². The number of imide groups is 1. The van der Waals surface area contributed by atoms with Crippen LogP contribution in [0.2, 0.25) is 5.02 Å². The van der Waals surface area contributed by atoms with Crippen molar-refractivity contribution < 1.29 is 14.3 Å². The van der Waals surface area contributed by atoms with Crippen molar-refractivity contribution in [1.82, 2.24) is 5.01 Å². The van der Waals surface area contributed by atoms with Crippen molar-refractivity contribution in [2.24, 2.45) is 10.3 Å². The molecule has 8 heteroatoms. The Morgan fingerprint density at radius 2 is 1.96 bits per heavy atom. The Bertz CT molecular complexity index is 962. The number of carbonyl (C=O) groups excluding carboxylic acids is 2. The van der Waals surface area contributed by atoms with Crippen molar-refractivity contribution in [2.45, 2.75) is 25.6 Å². The molecular weight excluding hydrogens is 368 g/mol. The molecule has 1 saturated heterocycles. The first-order valence-corrected chi connectivity index (χ1v) is 8.81. The number of hydrogen-bond donors (Lipinski definition) is 0. The molecule has 2 aromatic carbocycles. The summed E-state index contributed by atoms with van der Waals surface area (Å²) >= 11 is 6.15. The standard InChI is InChI=1S/C19H17ClN4O3/c1-11-4-3-5-12(8-11)10-23-17-16(21-22-23)18(25)24(19(17)26)13-6-7-15(27-2)14(20)9-13/h3-9,16-17H,10H2,1-2H3. The zero-order chi connectivity index (χ0) is 19.1. The van der Waals surface area contributed by atoms with Crippen molar-refractivity contribution >= 4 is 29.1 Å². The lowest BCUT2D eigenvalue weighted by Crippen LogP contribution is -2.39. The molecule has 7 nitrogen and oxygen atoms in total. The van der Waals surface area contributed by atoms with Gasteiger partial charge in [-0.3, -0.25) is 14.6 Å². The molecule has 0 aliphatic carbocycles. The van der Waals surface area contributed by atoms with Gasteiger partial charge in [-0.05, 0) is 30.7 Å². The molecule has 0 saturated carbocycles. The number of fused-ring (bicyclic) bond motifs is 1. The molecule has 4 rings (SSSR count). The zero-order valence-corrected chi connectivity index (χ0v) is 15.6. The van der Waals surface area contributed by atoms with Gasteiger partial charge in [-0.1, -0.05) is 46.7 Å². The van der Waals surface area contributed by atoms with E-state index in [1.165, 1.54) is 7.11 Å². The zero-order valence-electron chi connectivity index (χ0n) is 14.8. The third-order valence-electron chi connectivity index (χ3n) is 4.68. The maximum absolute atomic E-state index is 13.0. The topological polar surface area (TPSA) is 74.6 Å². The van der Waals surface area contributed by atoms with Crippen molar-refractivity contribution in [3.63, 3.8) is 0 Å². The lowest BCUT2D eigenvalue weighted by atomic mass is 10.1. The van der Waals surface area contributed by atoms with E-state index in [4.69, 9.17) is 16.3 Å². The van der Waals surface area contributed by atoms with Gasteiger partial charge in [0, 0.05) is 0 Å². The van der Waals surface area contributed by atoms with Crippen LogP contribution in [-0.4, -0.2) is 36.0 Å². The summed E-state index contributed by atoms with van der Waals surface area (Å²) in [5.74, 6) is -0.286. The van der Waals surface area contributed by atoms with E-state index in [1.54, 1.807) is 23.2 Å². The van der Waals surface area contributed by atoms with Crippen LogP contribution in [0, 0.1) is 6.92 Å². The van der Waals surface area contributed by atoms with E-state index >= 15 is 0 Å². The van der Waals surface area contributed by atoms with Crippen LogP contribution >= 0.6 is 11.6 Å². The molecule has 2 aliphatic heterocycles. The second kappa shape index (κ2) is 6.66. The minimum Gasteiger partial charge on any atom is -0.495 e. The Hall–Kier alpha value is -2.93. The normalized spacial score (nSPS) is 21.1. The van der Waals surface area contributed by atoms with Gasteiger partial charge in [-0.2, -0.15) is 5.11 Å². The van der Waals surface area contributed by atoms with Gasteiger partial charge in [0.25, 0.3) is 11.8 Å². The minimum absolute atomic E-state index is 0.325. The Kier molecular flexibility index (Phi) is 4.31. The van der Waals surface area contributed by atoms with Gasteiger partial charge in [0.05, 0.1) is 24.4 Å². The van der Waals surface area contributed by atoms with E-state index in [1.807, 2.05) is 31.2 Å². The number of amides is 2. The van der Waals surface area contributed by atoms with Crippen molar-refractivity contribution in [3.05, 3.63) is 58.6 Å². The van der Waals surface area contributed by atoms with Crippen LogP contribution in [0.3, 0.4) is 0 Å². The first kappa shape index (κ1) is 17.5. The summed E-state index contributed by atoms with van der Waals surface area (Å²) in [4.78, 5) is 26.9. The SMILES string of the molecule is COc1ccc(N2C(=O)C3N=NN(Cc4cccc(C)c4)C3C2=O)cc1Cl. The molecule has 0 aromatic heterocycles. The van der Waals surface area contributed by atoms with E-state index in [-0.39, 0.29) is 5.91 Å². The molecule has 2 aliphatic rings. The van der Waals surface area contributed by atoms with Gasteiger partial charge < -0.3 is 4.74 Å². The molecule has 0 N–H and O–H groups in total. The van der Waals surface area contributed by atoms with Gasteiger partial charge in [-0.15, -0.1) is 0 Å². The largest absolute Gasteiger partial charge is 0.495 e. The van der Waals surface area contributed by atoms with E-state index in [9.17, 15) is 9.59 Å². The summed E-state index contributed by atoms with van der Waals surface area (Å²) < 4.78 is 5.12. The first-order valence-electron chi connectivity index (χ1n) is 8.44. The van der Waals surface area contributed by atoms with E-state index in [2.05, 4.69) is 10.3 Å². The predicted molar refractivity (Wildman–Crippen MR) is 99.7 cm³/mol. The fourth-order valence-corrected chi connectivity index (χ4v) is 3.65. The molecule has 0 radical (unpaired) electrons. The van der Waals surface area contributed by atoms with Crippen LogP contribution in [0.25, 0.3) is 0 Å². The molecule has 27 heavy (non-hydrogen) atoms. The average Bonchev–Trinajstić information content (AvgIpc) is 3.15. The fourth-order valence-electron chi connectivity index (χ4n) is 3.40. The summed E-state index contributed by atoms with van der Waals surface area (Å²) in [5.41, 5.74) is 2.51. The van der Waals surface area contributed by atoms with Crippen LogP contribution in [-0.2, 0) is 16.1 Å². The van der Waals surface area contributed by atoms with E-state index in [0.717, 1.165) is 16.0 Å². The molecule has 2 atom stereocenters. The number of carbonyl (C=O) groups is 2. The number of rotatable bonds is 4. The third-order valence-corrected chi connectivity index (χ3v) is 4.97. The highest BCUT2D eigenvalue weighted by atomic mass is 35.5. The van der Waals surface area contributed by atoms with Crippen molar-refractivity contribution in [3.8, 4) is 5.75 Å². The Balaban J connectivity index is 1.61. The van der Waals surface area contributed by atoms with Gasteiger partial charge in [-0.25, -0.2) is 4.90 Å². The number of halogens is 1. The monoisotopic (exact) mass is 384 g/mol. The molecule has 2 heterocycles. The van der Waals surface area contributed by atoms with Crippen LogP contribution < -0.4 is 9.64 Å². The maximum atomic E-state index is 13.0. The second-order valence-corrected chi connectivity index (χ2v) is 6.92. The molecule has 2 aromatic rings. The van der Waals surface area contributed by atoms with E-state index < -0.39 is 18.0 Å². The summed E-state index contributed by atoms with van der Waals surface area (Å²) in [6.45, 7) is 2.40. The lowest BCUT2D eigenvalue weighted by molar-refractivity contribution is -0.123. The molecule has 1 fully saturated rings. The molecule has 2 unspecified atom stereocenters. The quantitative estimate of drug-likeness (QED) is 0.759. The highest BCUT2D eigenvalue weighted by molar-refractivity contribution is 6.33. The van der Waals surface area contributed by atoms with Crippen LogP contribution in [0.1, 0.15) is 11.1 Å². The molecule has 2 amide bonds. The Morgan fingerprint density at radius 3 is 2.67 bits per heavy atom. The Morgan fingerprint density at radius 1 is 1.15 bits per heavy atom. The summed E-state index contributed by atoms with van der Waals surface area (Å²) in [5, 5.41) is 10.0. The summed E-state index contributed by atoms with van der Waals surface area (Å²) in [6.07, 6.45) is 0. The van der Waals surface area contributed by atoms with Gasteiger partial charge >= 0.3 is 0 Å². The Labute approximate surface area is 161 Å². The maximum Gasteiger partial charge on any atom is 0.263 e. The average molecular weight is 385 g/mol. The highest BCUT2D eigenvalue weighted by Crippen LogP contribution is 2.35. The van der Waals surface area contributed by atoms with Crippen molar-refractivity contribution in [1.29, 1.82) is 0 Å². The highest BCUT2D eigenvalue weighted by Gasteiger charge is 2.54. The molecular formula is C19H17ClN4O3. The van der Waals surface area contributed by atoms with Gasteiger partial charge in [0.1, 0.15) is 5.75 Å². The summed E-state index contributed by atoms with van der Waals surface area (Å²) in [6, 6.07) is 11.1. The number of ether oxygens (including phenoxy) is 1. The van der Waals surface area contributed by atoms with Crippen LogP contribution in [0.4, 0.5) is 5.69 Å². The minimum atomic E-state index is -0.830. The van der Waals surface area contributed by atoms with Gasteiger partial charge in [0.2, 0.25) is 0 Å². The smallest absolute Gasteiger partial charge is 0.263 e.